The number of methoxy groups -OCH3 is 1. The van der Waals surface area contributed by atoms with Gasteiger partial charge in [-0.3, -0.25) is 0 Å². The average molecular weight is 397 g/mol. The monoisotopic (exact) mass is 396 g/mol. The van der Waals surface area contributed by atoms with Gasteiger partial charge in [0.15, 0.2) is 0 Å². The number of benzene rings is 1. The maximum absolute atomic E-state index is 13.7. The fourth-order valence-corrected chi connectivity index (χ4v) is 2.58. The van der Waals surface area contributed by atoms with Crippen molar-refractivity contribution in [2.45, 2.75) is 18.8 Å². The number of fused-ring (bicyclic) bond motifs is 1. The molecule has 4 nitrogen and oxygen atoms in total. The summed E-state index contributed by atoms with van der Waals surface area (Å²) >= 11 is 7.74. The van der Waals surface area contributed by atoms with E-state index in [2.05, 4.69) is 4.98 Å². The van der Waals surface area contributed by atoms with Gasteiger partial charge in [0.05, 0.1) is 27.6 Å². The predicted molar refractivity (Wildman–Crippen MR) is 78.7 cm³/mol. The van der Waals surface area contributed by atoms with E-state index in [4.69, 9.17) is 16.3 Å². The van der Waals surface area contributed by atoms with Gasteiger partial charge in [-0.25, -0.2) is 14.2 Å². The van der Waals surface area contributed by atoms with Gasteiger partial charge >= 0.3 is 5.97 Å². The first kappa shape index (κ1) is 14.5. The Morgan fingerprint density at radius 3 is 2.89 bits per heavy atom. The molecule has 0 radical (unpaired) electrons. The molecule has 0 amide bonds. The topological polar surface area (TPSA) is 44.1 Å². The molecule has 0 saturated carbocycles. The summed E-state index contributed by atoms with van der Waals surface area (Å²) in [6, 6.07) is 2.38. The molecule has 0 fully saturated rings. The van der Waals surface area contributed by atoms with Gasteiger partial charge in [0, 0.05) is 6.07 Å². The van der Waals surface area contributed by atoms with Crippen molar-refractivity contribution >= 4 is 51.2 Å². The van der Waals surface area contributed by atoms with Crippen molar-refractivity contribution < 1.29 is 13.9 Å². The van der Waals surface area contributed by atoms with Crippen LogP contribution in [0.1, 0.15) is 18.8 Å². The molecular weight excluding hydrogens is 385 g/mol. The molecule has 0 aliphatic carbocycles. The predicted octanol–water partition coefficient (Wildman–Crippen LogP) is 3.25. The van der Waals surface area contributed by atoms with E-state index < -0.39 is 12.0 Å². The number of alkyl halides is 1. The van der Waals surface area contributed by atoms with E-state index in [1.165, 1.54) is 13.2 Å². The molecule has 0 aliphatic rings. The second-order valence-corrected chi connectivity index (χ2v) is 5.42. The second-order valence-electron chi connectivity index (χ2n) is 3.99. The highest BCUT2D eigenvalue weighted by atomic mass is 127. The van der Waals surface area contributed by atoms with Gasteiger partial charge in [0.2, 0.25) is 0 Å². The number of esters is 1. The lowest BCUT2D eigenvalue weighted by atomic mass is 10.2. The maximum Gasteiger partial charge on any atom is 0.328 e. The highest BCUT2D eigenvalue weighted by molar-refractivity contribution is 14.1. The fourth-order valence-electron chi connectivity index (χ4n) is 1.94. The van der Waals surface area contributed by atoms with Crippen LogP contribution >= 0.6 is 34.2 Å². The van der Waals surface area contributed by atoms with Crippen molar-refractivity contribution in [3.8, 4) is 0 Å². The summed E-state index contributed by atoms with van der Waals surface area (Å²) in [5, 5.41) is 0. The molecule has 2 aromatic rings. The van der Waals surface area contributed by atoms with Gasteiger partial charge in [-0.2, -0.15) is 0 Å². The number of imidazole rings is 1. The van der Waals surface area contributed by atoms with Gasteiger partial charge < -0.3 is 9.30 Å². The molecule has 1 heterocycles. The minimum absolute atomic E-state index is 0.133. The lowest BCUT2D eigenvalue weighted by molar-refractivity contribution is -0.143. The van der Waals surface area contributed by atoms with Crippen LogP contribution in [-0.2, 0) is 15.4 Å². The zero-order valence-electron chi connectivity index (χ0n) is 10.3. The number of halogens is 3. The number of aromatic nitrogens is 2. The molecule has 0 bridgehead atoms. The van der Waals surface area contributed by atoms with E-state index in [1.54, 1.807) is 17.6 Å². The number of carbonyl (C=O) groups excluding carboxylic acids is 1. The molecule has 2 rings (SSSR count). The summed E-state index contributed by atoms with van der Waals surface area (Å²) in [7, 11) is 1.31. The summed E-state index contributed by atoms with van der Waals surface area (Å²) in [6.45, 7) is 1.67. The van der Waals surface area contributed by atoms with Crippen LogP contribution in [-0.4, -0.2) is 22.6 Å². The quantitative estimate of drug-likeness (QED) is 0.454. The Kier molecular flexibility index (Phi) is 4.29. The Labute approximate surface area is 128 Å². The Bertz CT molecular complexity index is 644. The van der Waals surface area contributed by atoms with Crippen LogP contribution in [0.25, 0.3) is 11.0 Å². The van der Waals surface area contributed by atoms with Gasteiger partial charge in [-0.05, 0) is 35.6 Å². The Morgan fingerprint density at radius 2 is 2.32 bits per heavy atom. The molecule has 1 atom stereocenters. The van der Waals surface area contributed by atoms with Gasteiger partial charge in [0.1, 0.15) is 17.7 Å². The molecule has 1 aromatic carbocycles. The van der Waals surface area contributed by atoms with E-state index >= 15 is 0 Å². The first-order valence-electron chi connectivity index (χ1n) is 5.49. The smallest absolute Gasteiger partial charge is 0.328 e. The largest absolute Gasteiger partial charge is 0.467 e. The SMILES string of the molecule is COC(=O)C(C)n1c(CCl)nc2cc(I)c(F)cc21. The minimum atomic E-state index is -0.608. The van der Waals surface area contributed by atoms with E-state index in [0.717, 1.165) is 0 Å². The van der Waals surface area contributed by atoms with Crippen molar-refractivity contribution in [1.82, 2.24) is 9.55 Å². The average Bonchev–Trinajstić information content (AvgIpc) is 2.75. The molecule has 1 unspecified atom stereocenters. The zero-order valence-corrected chi connectivity index (χ0v) is 13.2. The van der Waals surface area contributed by atoms with Gasteiger partial charge in [-0.1, -0.05) is 0 Å². The molecule has 0 spiro atoms. The van der Waals surface area contributed by atoms with Crippen LogP contribution in [0.15, 0.2) is 12.1 Å². The number of hydrogen-bond acceptors (Lipinski definition) is 3. The third-order valence-corrected chi connectivity index (χ3v) is 3.92. The van der Waals surface area contributed by atoms with E-state index in [1.807, 2.05) is 22.6 Å². The molecule has 19 heavy (non-hydrogen) atoms. The molecule has 1 aromatic heterocycles. The summed E-state index contributed by atoms with van der Waals surface area (Å²) in [4.78, 5) is 16.0. The summed E-state index contributed by atoms with van der Waals surface area (Å²) in [5.74, 6) is -0.137. The van der Waals surface area contributed by atoms with E-state index in [9.17, 15) is 9.18 Å². The van der Waals surface area contributed by atoms with Crippen LogP contribution in [0.4, 0.5) is 4.39 Å². The molecule has 0 N–H and O–H groups in total. The first-order chi connectivity index (χ1) is 8.99. The van der Waals surface area contributed by atoms with Gasteiger partial charge in [0.25, 0.3) is 0 Å². The third kappa shape index (κ3) is 2.55. The zero-order chi connectivity index (χ0) is 14.2. The molecular formula is C12H11ClFIN2O2. The Hall–Kier alpha value is -0.890. The van der Waals surface area contributed by atoms with Crippen LogP contribution in [0.3, 0.4) is 0 Å². The van der Waals surface area contributed by atoms with Crippen molar-refractivity contribution in [2.24, 2.45) is 0 Å². The number of rotatable bonds is 3. The number of hydrogen-bond donors (Lipinski definition) is 0. The lowest BCUT2D eigenvalue weighted by Crippen LogP contribution is -2.19. The van der Waals surface area contributed by atoms with Crippen molar-refractivity contribution in [1.29, 1.82) is 0 Å². The van der Waals surface area contributed by atoms with Crippen LogP contribution in [0, 0.1) is 9.39 Å². The Morgan fingerprint density at radius 1 is 1.63 bits per heavy atom. The standard InChI is InChI=1S/C12H11ClFIN2O2/c1-6(12(18)19-2)17-10-3-7(14)8(15)4-9(10)16-11(17)5-13/h3-4,6H,5H2,1-2H3. The second kappa shape index (κ2) is 5.62. The highest BCUT2D eigenvalue weighted by Gasteiger charge is 2.22. The number of nitrogens with zero attached hydrogens (tertiary/aromatic N) is 2. The normalized spacial score (nSPS) is 12.7. The van der Waals surface area contributed by atoms with Crippen LogP contribution in [0.5, 0.6) is 0 Å². The van der Waals surface area contributed by atoms with E-state index in [0.29, 0.717) is 20.4 Å². The summed E-state index contributed by atoms with van der Waals surface area (Å²) in [5.41, 5.74) is 1.14. The van der Waals surface area contributed by atoms with Gasteiger partial charge in [-0.15, -0.1) is 11.6 Å². The summed E-state index contributed by atoms with van der Waals surface area (Å²) < 4.78 is 20.5. The molecule has 0 aliphatic heterocycles. The molecule has 102 valence electrons. The van der Waals surface area contributed by atoms with E-state index in [-0.39, 0.29) is 11.7 Å². The fraction of sp³-hybridized carbons (Fsp3) is 0.333. The van der Waals surface area contributed by atoms with Crippen LogP contribution < -0.4 is 0 Å². The first-order valence-corrected chi connectivity index (χ1v) is 7.10. The van der Waals surface area contributed by atoms with Crippen molar-refractivity contribution in [3.63, 3.8) is 0 Å². The third-order valence-electron chi connectivity index (χ3n) is 2.85. The maximum atomic E-state index is 13.7. The molecule has 7 heteroatoms. The Balaban J connectivity index is 2.70. The lowest BCUT2D eigenvalue weighted by Gasteiger charge is -2.14. The van der Waals surface area contributed by atoms with Crippen molar-refractivity contribution in [2.75, 3.05) is 7.11 Å². The number of carbonyl (C=O) groups is 1. The highest BCUT2D eigenvalue weighted by Crippen LogP contribution is 2.26. The number of ether oxygens (including phenoxy) is 1. The summed E-state index contributed by atoms with van der Waals surface area (Å²) in [6.07, 6.45) is 0. The molecule has 0 saturated heterocycles. The van der Waals surface area contributed by atoms with Crippen molar-refractivity contribution in [3.05, 3.63) is 27.3 Å². The van der Waals surface area contributed by atoms with Crippen LogP contribution in [0.2, 0.25) is 0 Å². The minimum Gasteiger partial charge on any atom is -0.467 e.